The number of rotatable bonds is 11. The Hall–Kier alpha value is -3.07. The summed E-state index contributed by atoms with van der Waals surface area (Å²) in [5.41, 5.74) is 3.64. The third-order valence-corrected chi connectivity index (χ3v) is 9.95. The van der Waals surface area contributed by atoms with Crippen LogP contribution >= 0.6 is 23.2 Å². The number of anilines is 1. The summed E-state index contributed by atoms with van der Waals surface area (Å²) in [7, 11) is -3.85. The maximum absolute atomic E-state index is 14.3. The van der Waals surface area contributed by atoms with Gasteiger partial charge in [0.25, 0.3) is 0 Å². The molecule has 1 fully saturated rings. The second kappa shape index (κ2) is 14.6. The quantitative estimate of drug-likeness (QED) is 0.260. The molecule has 3 aromatic rings. The first kappa shape index (κ1) is 32.8. The van der Waals surface area contributed by atoms with Crippen molar-refractivity contribution in [1.29, 1.82) is 0 Å². The molecule has 3 aromatic carbocycles. The Morgan fingerprint density at radius 1 is 0.907 bits per heavy atom. The summed E-state index contributed by atoms with van der Waals surface area (Å²) in [6, 6.07) is 19.1. The van der Waals surface area contributed by atoms with Gasteiger partial charge >= 0.3 is 0 Å². The number of carbonyl (C=O) groups is 2. The van der Waals surface area contributed by atoms with Crippen LogP contribution in [-0.4, -0.2) is 50.0 Å². The van der Waals surface area contributed by atoms with Gasteiger partial charge in [0.1, 0.15) is 12.6 Å². The van der Waals surface area contributed by atoms with Gasteiger partial charge in [0.15, 0.2) is 0 Å². The number of benzene rings is 3. The molecule has 1 N–H and O–H groups in total. The molecule has 7 nitrogen and oxygen atoms in total. The van der Waals surface area contributed by atoms with Crippen molar-refractivity contribution in [3.8, 4) is 0 Å². The summed E-state index contributed by atoms with van der Waals surface area (Å²) >= 11 is 12.5. The van der Waals surface area contributed by atoms with Crippen LogP contribution in [0.25, 0.3) is 0 Å². The van der Waals surface area contributed by atoms with E-state index in [2.05, 4.69) is 5.32 Å². The van der Waals surface area contributed by atoms with E-state index in [0.717, 1.165) is 59.4 Å². The van der Waals surface area contributed by atoms with Crippen LogP contribution in [0.4, 0.5) is 5.69 Å². The fourth-order valence-corrected chi connectivity index (χ4v) is 6.75. The second-order valence-electron chi connectivity index (χ2n) is 11.3. The Labute approximate surface area is 265 Å². The number of aryl methyl sites for hydroxylation is 1. The Bertz CT molecular complexity index is 1540. The van der Waals surface area contributed by atoms with E-state index in [1.807, 2.05) is 50.2 Å². The third-order valence-electron chi connectivity index (χ3n) is 8.08. The summed E-state index contributed by atoms with van der Waals surface area (Å²) < 4.78 is 27.3. The molecule has 10 heteroatoms. The zero-order valence-electron chi connectivity index (χ0n) is 24.9. The lowest BCUT2D eigenvalue weighted by molar-refractivity contribution is -0.140. The van der Waals surface area contributed by atoms with Crippen LogP contribution in [0.5, 0.6) is 0 Å². The first-order chi connectivity index (χ1) is 20.4. The van der Waals surface area contributed by atoms with Crippen molar-refractivity contribution in [3.63, 3.8) is 0 Å². The number of hydrogen-bond donors (Lipinski definition) is 1. The molecule has 0 bridgehead atoms. The first-order valence-electron chi connectivity index (χ1n) is 14.6. The molecule has 0 radical (unpaired) electrons. The van der Waals surface area contributed by atoms with Crippen molar-refractivity contribution < 1.29 is 18.0 Å². The molecule has 230 valence electrons. The van der Waals surface area contributed by atoms with Crippen molar-refractivity contribution in [3.05, 3.63) is 99.0 Å². The second-order valence-corrected chi connectivity index (χ2v) is 14.0. The molecule has 0 aromatic heterocycles. The van der Waals surface area contributed by atoms with E-state index in [1.165, 1.54) is 4.90 Å². The monoisotopic (exact) mass is 643 g/mol. The highest BCUT2D eigenvalue weighted by molar-refractivity contribution is 7.92. The van der Waals surface area contributed by atoms with Crippen LogP contribution in [-0.2, 0) is 32.6 Å². The predicted octanol–water partition coefficient (Wildman–Crippen LogP) is 6.47. The van der Waals surface area contributed by atoms with Crippen molar-refractivity contribution in [1.82, 2.24) is 10.2 Å². The summed E-state index contributed by atoms with van der Waals surface area (Å²) in [5, 5.41) is 3.90. The maximum atomic E-state index is 14.3. The minimum Gasteiger partial charge on any atom is -0.352 e. The van der Waals surface area contributed by atoms with E-state index in [1.54, 1.807) is 30.3 Å². The molecule has 0 aliphatic heterocycles. The lowest BCUT2D eigenvalue weighted by atomic mass is 9.94. The molecule has 0 heterocycles. The van der Waals surface area contributed by atoms with E-state index < -0.39 is 28.5 Å². The normalized spacial score (nSPS) is 14.6. The molecule has 0 saturated heterocycles. The van der Waals surface area contributed by atoms with Crippen LogP contribution in [0.1, 0.15) is 54.4 Å². The van der Waals surface area contributed by atoms with Gasteiger partial charge < -0.3 is 10.2 Å². The molecule has 0 unspecified atom stereocenters. The number of carbonyl (C=O) groups excluding carboxylic acids is 2. The lowest BCUT2D eigenvalue weighted by Gasteiger charge is -2.35. The van der Waals surface area contributed by atoms with Gasteiger partial charge in [-0.2, -0.15) is 0 Å². The van der Waals surface area contributed by atoms with Crippen LogP contribution in [0.3, 0.4) is 0 Å². The van der Waals surface area contributed by atoms with E-state index in [4.69, 9.17) is 23.2 Å². The standard InChI is InChI=1S/C33H39Cl2N3O4S/c1-23-11-10-16-30(24(23)2)38(43(3,41)42)22-32(39)37(21-26-17-18-28(34)29(35)19-26)31(20-25-12-6-4-7-13-25)33(40)36-27-14-8-5-9-15-27/h4,6-7,10-13,16-19,27,31H,5,8-9,14-15,20-22H2,1-3H3,(H,36,40)/t31-/m1/s1. The predicted molar refractivity (Wildman–Crippen MR) is 174 cm³/mol. The van der Waals surface area contributed by atoms with Crippen LogP contribution in [0, 0.1) is 13.8 Å². The van der Waals surface area contributed by atoms with E-state index in [9.17, 15) is 18.0 Å². The van der Waals surface area contributed by atoms with Gasteiger partial charge in [-0.1, -0.05) is 91.0 Å². The first-order valence-corrected chi connectivity index (χ1v) is 17.2. The number of nitrogens with zero attached hydrogens (tertiary/aromatic N) is 2. The zero-order chi connectivity index (χ0) is 31.1. The molecular formula is C33H39Cl2N3O4S. The Morgan fingerprint density at radius 2 is 1.60 bits per heavy atom. The van der Waals surface area contributed by atoms with Gasteiger partial charge in [-0.05, 0) is 67.1 Å². The average Bonchev–Trinajstić information content (AvgIpc) is 2.97. The Morgan fingerprint density at radius 3 is 2.26 bits per heavy atom. The highest BCUT2D eigenvalue weighted by Gasteiger charge is 2.34. The van der Waals surface area contributed by atoms with Gasteiger partial charge in [0.05, 0.1) is 22.0 Å². The third kappa shape index (κ3) is 8.74. The summed E-state index contributed by atoms with van der Waals surface area (Å²) in [6.45, 7) is 3.29. The van der Waals surface area contributed by atoms with Gasteiger partial charge in [-0.15, -0.1) is 0 Å². The van der Waals surface area contributed by atoms with Crippen molar-refractivity contribution >= 4 is 50.7 Å². The smallest absolute Gasteiger partial charge is 0.244 e. The molecule has 2 amide bonds. The van der Waals surface area contributed by atoms with Gasteiger partial charge in [-0.3, -0.25) is 13.9 Å². The lowest BCUT2D eigenvalue weighted by Crippen LogP contribution is -2.55. The zero-order valence-corrected chi connectivity index (χ0v) is 27.2. The fraction of sp³-hybridized carbons (Fsp3) is 0.394. The fourth-order valence-electron chi connectivity index (χ4n) is 5.53. The summed E-state index contributed by atoms with van der Waals surface area (Å²) in [6.07, 6.45) is 6.34. The molecule has 0 spiro atoms. The van der Waals surface area contributed by atoms with Crippen molar-refractivity contribution in [2.45, 2.75) is 71.0 Å². The van der Waals surface area contributed by atoms with E-state index in [-0.39, 0.29) is 24.9 Å². The summed E-state index contributed by atoms with van der Waals surface area (Å²) in [4.78, 5) is 29.9. The SMILES string of the molecule is Cc1cccc(N(CC(=O)N(Cc2ccc(Cl)c(Cl)c2)[C@H](Cc2ccccc2)C(=O)NC2CCCCC2)S(C)(=O)=O)c1C. The van der Waals surface area contributed by atoms with Gasteiger partial charge in [0, 0.05) is 19.0 Å². The topological polar surface area (TPSA) is 86.8 Å². The molecule has 43 heavy (non-hydrogen) atoms. The molecule has 1 atom stereocenters. The van der Waals surface area contributed by atoms with Gasteiger partial charge in [-0.25, -0.2) is 8.42 Å². The molecule has 4 rings (SSSR count). The molecule has 1 aliphatic carbocycles. The molecule has 1 aliphatic rings. The van der Waals surface area contributed by atoms with E-state index in [0.29, 0.717) is 21.3 Å². The number of amides is 2. The Balaban J connectivity index is 1.76. The van der Waals surface area contributed by atoms with Crippen LogP contribution in [0.2, 0.25) is 10.0 Å². The summed E-state index contributed by atoms with van der Waals surface area (Å²) in [5.74, 6) is -0.765. The average molecular weight is 645 g/mol. The maximum Gasteiger partial charge on any atom is 0.244 e. The van der Waals surface area contributed by atoms with Crippen LogP contribution < -0.4 is 9.62 Å². The van der Waals surface area contributed by atoms with Gasteiger partial charge in [0.2, 0.25) is 21.8 Å². The highest BCUT2D eigenvalue weighted by Crippen LogP contribution is 2.27. The van der Waals surface area contributed by atoms with Crippen molar-refractivity contribution in [2.24, 2.45) is 0 Å². The molecule has 1 saturated carbocycles. The largest absolute Gasteiger partial charge is 0.352 e. The molecular weight excluding hydrogens is 605 g/mol. The highest BCUT2D eigenvalue weighted by atomic mass is 35.5. The number of sulfonamides is 1. The van der Waals surface area contributed by atoms with Crippen molar-refractivity contribution in [2.75, 3.05) is 17.1 Å². The number of hydrogen-bond acceptors (Lipinski definition) is 4. The minimum atomic E-state index is -3.85. The van der Waals surface area contributed by atoms with E-state index >= 15 is 0 Å². The Kier molecular flexibility index (Phi) is 11.2. The van der Waals surface area contributed by atoms with Crippen LogP contribution in [0.15, 0.2) is 66.7 Å². The minimum absolute atomic E-state index is 0.0314. The number of halogens is 2. The number of nitrogens with one attached hydrogen (secondary N) is 1.